The Bertz CT molecular complexity index is 106. The summed E-state index contributed by atoms with van der Waals surface area (Å²) in [7, 11) is 0. The predicted molar refractivity (Wildman–Crippen MR) is 25.6 cm³/mol. The maximum Gasteiger partial charge on any atom is 0.404 e. The SMILES string of the molecule is [CH2+]CC(C(F)(F)F)C(F)(F)F. The molecule has 0 heterocycles. The maximum atomic E-state index is 11.5. The zero-order chi connectivity index (χ0) is 9.28. The van der Waals surface area contributed by atoms with Crippen molar-refractivity contribution in [3.63, 3.8) is 0 Å². The first kappa shape index (κ1) is 10.4. The number of hydrogen-bond acceptors (Lipinski definition) is 0. The summed E-state index contributed by atoms with van der Waals surface area (Å²) in [6.07, 6.45) is -11.7. The average molecular weight is 179 g/mol. The minimum absolute atomic E-state index is 1.22. The van der Waals surface area contributed by atoms with Crippen LogP contribution in [0.25, 0.3) is 0 Å². The molecule has 0 amide bonds. The van der Waals surface area contributed by atoms with Crippen LogP contribution in [-0.4, -0.2) is 12.4 Å². The highest BCUT2D eigenvalue weighted by Crippen LogP contribution is 2.40. The molecule has 0 aromatic carbocycles. The summed E-state index contributed by atoms with van der Waals surface area (Å²) < 4.78 is 68.7. The monoisotopic (exact) mass is 179 g/mol. The van der Waals surface area contributed by atoms with Crippen LogP contribution in [0, 0.1) is 12.8 Å². The van der Waals surface area contributed by atoms with Crippen LogP contribution in [0.2, 0.25) is 0 Å². The summed E-state index contributed by atoms with van der Waals surface area (Å²) in [4.78, 5) is 0. The molecule has 0 bridgehead atoms. The van der Waals surface area contributed by atoms with E-state index in [1.807, 2.05) is 0 Å². The van der Waals surface area contributed by atoms with Crippen LogP contribution in [0.15, 0.2) is 0 Å². The molecule has 0 saturated carbocycles. The summed E-state index contributed by atoms with van der Waals surface area (Å²) in [6.45, 7) is 2.58. The Kier molecular flexibility index (Phi) is 2.69. The van der Waals surface area contributed by atoms with Gasteiger partial charge >= 0.3 is 12.4 Å². The van der Waals surface area contributed by atoms with E-state index in [0.29, 0.717) is 0 Å². The van der Waals surface area contributed by atoms with E-state index >= 15 is 0 Å². The lowest BCUT2D eigenvalue weighted by Crippen LogP contribution is -2.35. The quantitative estimate of drug-likeness (QED) is 0.428. The molecule has 0 aliphatic heterocycles. The van der Waals surface area contributed by atoms with Crippen LogP contribution in [0.1, 0.15) is 6.42 Å². The minimum atomic E-state index is -5.24. The predicted octanol–water partition coefficient (Wildman–Crippen LogP) is 2.95. The zero-order valence-electron chi connectivity index (χ0n) is 5.26. The highest BCUT2D eigenvalue weighted by atomic mass is 19.4. The summed E-state index contributed by atoms with van der Waals surface area (Å²) in [6, 6.07) is 0. The van der Waals surface area contributed by atoms with Crippen LogP contribution in [-0.2, 0) is 0 Å². The molecule has 0 aliphatic carbocycles. The van der Waals surface area contributed by atoms with Crippen molar-refractivity contribution < 1.29 is 26.3 Å². The van der Waals surface area contributed by atoms with E-state index in [9.17, 15) is 26.3 Å². The summed E-state index contributed by atoms with van der Waals surface area (Å²) in [5, 5.41) is 0. The Morgan fingerprint density at radius 1 is 0.909 bits per heavy atom. The lowest BCUT2D eigenvalue weighted by Gasteiger charge is -2.18. The Labute approximate surface area is 59.2 Å². The summed E-state index contributed by atoms with van der Waals surface area (Å²) >= 11 is 0. The molecule has 0 N–H and O–H groups in total. The minimum Gasteiger partial charge on any atom is -0.170 e. The molecule has 0 radical (unpaired) electrons. The Balaban J connectivity index is 4.43. The van der Waals surface area contributed by atoms with E-state index in [1.54, 1.807) is 0 Å². The first-order valence-electron chi connectivity index (χ1n) is 2.62. The molecule has 0 aromatic rings. The van der Waals surface area contributed by atoms with Gasteiger partial charge in [-0.05, 0) is 0 Å². The third kappa shape index (κ3) is 2.90. The molecule has 0 fully saturated rings. The molecule has 0 aromatic heterocycles. The van der Waals surface area contributed by atoms with Gasteiger partial charge in [0.05, 0.1) is 6.92 Å². The van der Waals surface area contributed by atoms with E-state index in [0.717, 1.165) is 0 Å². The van der Waals surface area contributed by atoms with Crippen molar-refractivity contribution in [2.45, 2.75) is 18.8 Å². The van der Waals surface area contributed by atoms with Crippen molar-refractivity contribution in [2.24, 2.45) is 5.92 Å². The molecule has 11 heavy (non-hydrogen) atoms. The van der Waals surface area contributed by atoms with Gasteiger partial charge in [0.15, 0.2) is 5.92 Å². The Hall–Kier alpha value is -0.550. The fourth-order valence-electron chi connectivity index (χ4n) is 0.513. The lowest BCUT2D eigenvalue weighted by atomic mass is 10.1. The highest BCUT2D eigenvalue weighted by molar-refractivity contribution is 4.75. The molecular weight excluding hydrogens is 174 g/mol. The molecule has 0 rings (SSSR count). The molecule has 0 atom stereocenters. The molecule has 6 heteroatoms. The maximum absolute atomic E-state index is 11.5. The normalized spacial score (nSPS) is 14.1. The highest BCUT2D eigenvalue weighted by Gasteiger charge is 2.57. The fourth-order valence-corrected chi connectivity index (χ4v) is 0.513. The molecule has 0 spiro atoms. The van der Waals surface area contributed by atoms with Crippen LogP contribution in [0.3, 0.4) is 0 Å². The second kappa shape index (κ2) is 2.83. The van der Waals surface area contributed by atoms with E-state index in [1.165, 1.54) is 0 Å². The first-order valence-corrected chi connectivity index (χ1v) is 2.62. The van der Waals surface area contributed by atoms with E-state index < -0.39 is 24.7 Å². The topological polar surface area (TPSA) is 0 Å². The van der Waals surface area contributed by atoms with Crippen molar-refractivity contribution in [2.75, 3.05) is 0 Å². The first-order chi connectivity index (χ1) is 4.69. The Morgan fingerprint density at radius 3 is 1.18 bits per heavy atom. The van der Waals surface area contributed by atoms with Crippen LogP contribution < -0.4 is 0 Å². The third-order valence-corrected chi connectivity index (χ3v) is 1.08. The van der Waals surface area contributed by atoms with Gasteiger partial charge in [0.2, 0.25) is 0 Å². The standard InChI is InChI=1S/C5H5F6/c1-2-3(4(6,7)8)5(9,10)11/h3H,1-2H2/q+1. The van der Waals surface area contributed by atoms with Gasteiger partial charge in [-0.3, -0.25) is 0 Å². The van der Waals surface area contributed by atoms with Gasteiger partial charge in [0.1, 0.15) is 6.42 Å². The fraction of sp³-hybridized carbons (Fsp3) is 0.800. The molecule has 0 aliphatic rings. The summed E-state index contributed by atoms with van der Waals surface area (Å²) in [5.74, 6) is -3.30. The number of hydrogen-bond donors (Lipinski definition) is 0. The van der Waals surface area contributed by atoms with Crippen molar-refractivity contribution in [1.29, 1.82) is 0 Å². The molecule has 66 valence electrons. The van der Waals surface area contributed by atoms with E-state index in [4.69, 9.17) is 0 Å². The van der Waals surface area contributed by atoms with Gasteiger partial charge < -0.3 is 0 Å². The van der Waals surface area contributed by atoms with Crippen LogP contribution >= 0.6 is 0 Å². The molecule has 0 saturated heterocycles. The van der Waals surface area contributed by atoms with Gasteiger partial charge in [-0.15, -0.1) is 0 Å². The molecule has 0 nitrogen and oxygen atoms in total. The second-order valence-electron chi connectivity index (χ2n) is 1.92. The van der Waals surface area contributed by atoms with Crippen molar-refractivity contribution in [3.05, 3.63) is 6.92 Å². The third-order valence-electron chi connectivity index (χ3n) is 1.08. The van der Waals surface area contributed by atoms with Crippen molar-refractivity contribution in [3.8, 4) is 0 Å². The van der Waals surface area contributed by atoms with Crippen molar-refractivity contribution >= 4 is 0 Å². The molecule has 0 unspecified atom stereocenters. The van der Waals surface area contributed by atoms with Gasteiger partial charge in [0.25, 0.3) is 0 Å². The second-order valence-corrected chi connectivity index (χ2v) is 1.92. The molecular formula is C5H5F6+. The largest absolute Gasteiger partial charge is 0.404 e. The zero-order valence-corrected chi connectivity index (χ0v) is 5.26. The lowest BCUT2D eigenvalue weighted by molar-refractivity contribution is -0.282. The smallest absolute Gasteiger partial charge is 0.170 e. The van der Waals surface area contributed by atoms with Gasteiger partial charge in [0, 0.05) is 0 Å². The van der Waals surface area contributed by atoms with E-state index in [-0.39, 0.29) is 0 Å². The number of rotatable bonds is 1. The number of alkyl halides is 6. The van der Waals surface area contributed by atoms with E-state index in [2.05, 4.69) is 6.92 Å². The number of halogens is 6. The summed E-state index contributed by atoms with van der Waals surface area (Å²) in [5.41, 5.74) is 0. The van der Waals surface area contributed by atoms with Gasteiger partial charge in [-0.1, -0.05) is 0 Å². The van der Waals surface area contributed by atoms with Crippen LogP contribution in [0.4, 0.5) is 26.3 Å². The van der Waals surface area contributed by atoms with Gasteiger partial charge in [-0.25, -0.2) is 0 Å². The van der Waals surface area contributed by atoms with Crippen LogP contribution in [0.5, 0.6) is 0 Å². The van der Waals surface area contributed by atoms with Gasteiger partial charge in [-0.2, -0.15) is 26.3 Å². The Morgan fingerprint density at radius 2 is 1.18 bits per heavy atom. The average Bonchev–Trinajstić information content (AvgIpc) is 1.56. The van der Waals surface area contributed by atoms with Crippen molar-refractivity contribution in [1.82, 2.24) is 0 Å².